The van der Waals surface area contributed by atoms with Crippen LogP contribution in [0.25, 0.3) is 11.1 Å². The van der Waals surface area contributed by atoms with Crippen LogP contribution in [0, 0.1) is 5.82 Å². The minimum absolute atomic E-state index is 0. The fourth-order valence-electron chi connectivity index (χ4n) is 2.92. The third kappa shape index (κ3) is 5.27. The lowest BCUT2D eigenvalue weighted by molar-refractivity contribution is 0.626. The van der Waals surface area contributed by atoms with Crippen LogP contribution >= 0.6 is 12.4 Å². The van der Waals surface area contributed by atoms with Crippen molar-refractivity contribution in [3.8, 4) is 11.1 Å². The molecule has 6 nitrogen and oxygen atoms in total. The number of rotatable bonds is 6. The average molecular weight is 423 g/mol. The number of aromatic nitrogens is 4. The van der Waals surface area contributed by atoms with Gasteiger partial charge in [-0.05, 0) is 48.4 Å². The van der Waals surface area contributed by atoms with E-state index < -0.39 is 0 Å². The molecule has 1 aromatic carbocycles. The topological polar surface area (TPSA) is 75.6 Å². The average Bonchev–Trinajstić information content (AvgIpc) is 2.75. The highest BCUT2D eigenvalue weighted by molar-refractivity contribution is 5.85. The molecule has 0 amide bonds. The smallest absolute Gasteiger partial charge is 0.150 e. The van der Waals surface area contributed by atoms with Crippen molar-refractivity contribution in [3.63, 3.8) is 0 Å². The Morgan fingerprint density at radius 3 is 2.30 bits per heavy atom. The van der Waals surface area contributed by atoms with Gasteiger partial charge in [-0.2, -0.15) is 0 Å². The minimum Gasteiger partial charge on any atom is -0.363 e. The van der Waals surface area contributed by atoms with E-state index in [1.54, 1.807) is 43.1 Å². The normalized spacial score (nSPS) is 11.3. The van der Waals surface area contributed by atoms with Gasteiger partial charge in [-0.1, -0.05) is 18.2 Å². The predicted molar refractivity (Wildman–Crippen MR) is 118 cm³/mol. The first-order valence-electron chi connectivity index (χ1n) is 9.15. The highest BCUT2D eigenvalue weighted by Crippen LogP contribution is 2.27. The molecule has 0 aliphatic rings. The molecule has 4 aromatic rings. The van der Waals surface area contributed by atoms with Crippen molar-refractivity contribution < 1.29 is 4.39 Å². The second kappa shape index (κ2) is 9.76. The molecule has 0 radical (unpaired) electrons. The third-order valence-electron chi connectivity index (χ3n) is 4.37. The van der Waals surface area contributed by atoms with Crippen molar-refractivity contribution in [2.75, 3.05) is 10.6 Å². The maximum atomic E-state index is 13.2. The Morgan fingerprint density at radius 2 is 1.60 bits per heavy atom. The number of hydrogen-bond donors (Lipinski definition) is 2. The molecule has 3 aromatic heterocycles. The van der Waals surface area contributed by atoms with Crippen LogP contribution in [0.15, 0.2) is 79.5 Å². The van der Waals surface area contributed by atoms with Crippen LogP contribution in [0.3, 0.4) is 0 Å². The maximum absolute atomic E-state index is 13.2. The summed E-state index contributed by atoms with van der Waals surface area (Å²) in [5.74, 6) is 1.64. The van der Waals surface area contributed by atoms with E-state index in [9.17, 15) is 4.39 Å². The second-order valence-electron chi connectivity index (χ2n) is 6.50. The molecule has 0 saturated carbocycles. The van der Waals surface area contributed by atoms with Gasteiger partial charge in [-0.15, -0.1) is 12.4 Å². The molecule has 152 valence electrons. The Kier molecular flexibility index (Phi) is 6.87. The summed E-state index contributed by atoms with van der Waals surface area (Å²) in [6.07, 6.45) is 8.39. The van der Waals surface area contributed by atoms with E-state index in [-0.39, 0.29) is 24.3 Å². The molecule has 0 fully saturated rings. The lowest BCUT2D eigenvalue weighted by Crippen LogP contribution is -2.09. The Morgan fingerprint density at radius 1 is 0.833 bits per heavy atom. The molecule has 4 rings (SSSR count). The Labute approximate surface area is 180 Å². The molecule has 8 heteroatoms. The molecular weight excluding hydrogens is 403 g/mol. The summed E-state index contributed by atoms with van der Waals surface area (Å²) in [7, 11) is 0. The van der Waals surface area contributed by atoms with Crippen LogP contribution < -0.4 is 10.6 Å². The van der Waals surface area contributed by atoms with Gasteiger partial charge in [0.25, 0.3) is 0 Å². The van der Waals surface area contributed by atoms with E-state index in [1.807, 2.05) is 31.2 Å². The van der Waals surface area contributed by atoms with E-state index >= 15 is 0 Å². The van der Waals surface area contributed by atoms with Crippen molar-refractivity contribution in [1.29, 1.82) is 0 Å². The number of nitrogens with zero attached hydrogens (tertiary/aromatic N) is 4. The zero-order chi connectivity index (χ0) is 20.1. The van der Waals surface area contributed by atoms with Gasteiger partial charge in [0.05, 0.1) is 6.20 Å². The standard InChI is InChI=1S/C22H19FN6.ClH/c1-15(16-4-6-19(23)7-5-16)27-20-11-18(17-3-2-8-24-13-17)12-21(28-20)29-22-14-25-9-10-26-22;/h2-15H,1H3,(H2,26,27,28,29);1H/t15-;/m0./s1. The number of hydrogen-bond acceptors (Lipinski definition) is 6. The molecule has 0 spiro atoms. The van der Waals surface area contributed by atoms with Crippen molar-refractivity contribution in [2.45, 2.75) is 13.0 Å². The highest BCUT2D eigenvalue weighted by atomic mass is 35.5. The zero-order valence-corrected chi connectivity index (χ0v) is 17.0. The van der Waals surface area contributed by atoms with E-state index in [2.05, 4.69) is 30.6 Å². The summed E-state index contributed by atoms with van der Waals surface area (Å²) in [6.45, 7) is 2.00. The van der Waals surface area contributed by atoms with Crippen LogP contribution in [0.4, 0.5) is 21.8 Å². The summed E-state index contributed by atoms with van der Waals surface area (Å²) in [5, 5.41) is 6.56. The molecular formula is C22H20ClFN6. The lowest BCUT2D eigenvalue weighted by Gasteiger charge is -2.17. The van der Waals surface area contributed by atoms with Gasteiger partial charge in [0.2, 0.25) is 0 Å². The number of benzene rings is 1. The van der Waals surface area contributed by atoms with Gasteiger partial charge in [-0.25, -0.2) is 14.4 Å². The van der Waals surface area contributed by atoms with E-state index in [1.165, 1.54) is 12.1 Å². The summed E-state index contributed by atoms with van der Waals surface area (Å²) in [6, 6.07) is 14.1. The predicted octanol–water partition coefficient (Wildman–Crippen LogP) is 5.41. The molecule has 2 N–H and O–H groups in total. The van der Waals surface area contributed by atoms with Gasteiger partial charge in [0.1, 0.15) is 23.3 Å². The SMILES string of the molecule is C[C@H](Nc1cc(-c2cccnc2)cc(Nc2cnccn2)n1)c1ccc(F)cc1.Cl. The lowest BCUT2D eigenvalue weighted by atomic mass is 10.1. The molecule has 0 unspecified atom stereocenters. The van der Waals surface area contributed by atoms with Crippen LogP contribution in [0.5, 0.6) is 0 Å². The van der Waals surface area contributed by atoms with E-state index in [0.717, 1.165) is 16.7 Å². The maximum Gasteiger partial charge on any atom is 0.150 e. The molecule has 1 atom stereocenters. The largest absolute Gasteiger partial charge is 0.363 e. The molecule has 0 saturated heterocycles. The van der Waals surface area contributed by atoms with Crippen LogP contribution in [-0.4, -0.2) is 19.9 Å². The van der Waals surface area contributed by atoms with Gasteiger partial charge in [0, 0.05) is 36.4 Å². The molecule has 3 heterocycles. The first-order valence-corrected chi connectivity index (χ1v) is 9.15. The Hall–Kier alpha value is -3.58. The van der Waals surface area contributed by atoms with Crippen molar-refractivity contribution in [1.82, 2.24) is 19.9 Å². The highest BCUT2D eigenvalue weighted by Gasteiger charge is 2.10. The van der Waals surface area contributed by atoms with Gasteiger partial charge < -0.3 is 10.6 Å². The van der Waals surface area contributed by atoms with Crippen molar-refractivity contribution in [2.24, 2.45) is 0 Å². The van der Waals surface area contributed by atoms with Crippen molar-refractivity contribution >= 4 is 29.9 Å². The molecule has 0 bridgehead atoms. The van der Waals surface area contributed by atoms with Gasteiger partial charge >= 0.3 is 0 Å². The first kappa shape index (κ1) is 21.1. The monoisotopic (exact) mass is 422 g/mol. The minimum atomic E-state index is -0.256. The summed E-state index contributed by atoms with van der Waals surface area (Å²) < 4.78 is 13.2. The Balaban J connectivity index is 0.00000256. The zero-order valence-electron chi connectivity index (χ0n) is 16.2. The Bertz CT molecular complexity index is 1080. The van der Waals surface area contributed by atoms with Crippen LogP contribution in [0.1, 0.15) is 18.5 Å². The number of anilines is 3. The van der Waals surface area contributed by atoms with Crippen LogP contribution in [-0.2, 0) is 0 Å². The second-order valence-corrected chi connectivity index (χ2v) is 6.50. The quantitative estimate of drug-likeness (QED) is 0.432. The number of nitrogens with one attached hydrogen (secondary N) is 2. The number of halogens is 2. The van der Waals surface area contributed by atoms with Crippen LogP contribution in [0.2, 0.25) is 0 Å². The fraction of sp³-hybridized carbons (Fsp3) is 0.0909. The van der Waals surface area contributed by atoms with E-state index in [4.69, 9.17) is 0 Å². The fourth-order valence-corrected chi connectivity index (χ4v) is 2.92. The molecule has 0 aliphatic heterocycles. The summed E-state index contributed by atoms with van der Waals surface area (Å²) in [5.41, 5.74) is 2.88. The summed E-state index contributed by atoms with van der Waals surface area (Å²) >= 11 is 0. The third-order valence-corrected chi connectivity index (χ3v) is 4.37. The van der Waals surface area contributed by atoms with E-state index in [0.29, 0.717) is 17.5 Å². The molecule has 30 heavy (non-hydrogen) atoms. The molecule has 0 aliphatic carbocycles. The summed E-state index contributed by atoms with van der Waals surface area (Å²) in [4.78, 5) is 17.2. The first-order chi connectivity index (χ1) is 14.2. The van der Waals surface area contributed by atoms with Crippen molar-refractivity contribution in [3.05, 3.63) is 90.9 Å². The van der Waals surface area contributed by atoms with Gasteiger partial charge in [0.15, 0.2) is 0 Å². The van der Waals surface area contributed by atoms with Gasteiger partial charge in [-0.3, -0.25) is 9.97 Å². The number of pyridine rings is 2.